The summed E-state index contributed by atoms with van der Waals surface area (Å²) >= 11 is 0. The second kappa shape index (κ2) is 8.27. The first-order valence-electron chi connectivity index (χ1n) is 6.98. The van der Waals surface area contributed by atoms with Gasteiger partial charge in [-0.3, -0.25) is 0 Å². The number of nitrogens with one attached hydrogen (secondary N) is 1. The molecule has 0 aliphatic heterocycles. The predicted molar refractivity (Wildman–Crippen MR) is 78.1 cm³/mol. The van der Waals surface area contributed by atoms with Gasteiger partial charge in [-0.15, -0.1) is 0 Å². The summed E-state index contributed by atoms with van der Waals surface area (Å²) in [6.07, 6.45) is 2.66. The van der Waals surface area contributed by atoms with E-state index >= 15 is 0 Å². The van der Waals surface area contributed by atoms with Crippen molar-refractivity contribution < 1.29 is 13.9 Å². The molecule has 20 heavy (non-hydrogen) atoms. The van der Waals surface area contributed by atoms with Crippen LogP contribution in [0, 0.1) is 0 Å². The van der Waals surface area contributed by atoms with Crippen LogP contribution in [0.2, 0.25) is 0 Å². The lowest BCUT2D eigenvalue weighted by atomic mass is 10.3. The van der Waals surface area contributed by atoms with Crippen molar-refractivity contribution in [3.63, 3.8) is 0 Å². The molecule has 0 amide bonds. The monoisotopic (exact) mass is 275 g/mol. The summed E-state index contributed by atoms with van der Waals surface area (Å²) in [5, 5.41) is 3.26. The molecule has 0 saturated heterocycles. The van der Waals surface area contributed by atoms with Crippen molar-refractivity contribution >= 4 is 0 Å². The molecule has 1 heterocycles. The molecule has 0 aliphatic carbocycles. The van der Waals surface area contributed by atoms with Crippen LogP contribution < -0.4 is 14.8 Å². The van der Waals surface area contributed by atoms with E-state index in [-0.39, 0.29) is 0 Å². The van der Waals surface area contributed by atoms with Crippen molar-refractivity contribution in [3.05, 3.63) is 48.4 Å². The summed E-state index contributed by atoms with van der Waals surface area (Å²) in [7, 11) is 0. The molecular weight excluding hydrogens is 254 g/mol. The summed E-state index contributed by atoms with van der Waals surface area (Å²) < 4.78 is 16.6. The third kappa shape index (κ3) is 4.63. The van der Waals surface area contributed by atoms with Crippen molar-refractivity contribution in [1.82, 2.24) is 5.32 Å². The molecular formula is C16H21NO3. The van der Waals surface area contributed by atoms with E-state index in [2.05, 4.69) is 12.2 Å². The van der Waals surface area contributed by atoms with Crippen LogP contribution in [-0.4, -0.2) is 19.8 Å². The Morgan fingerprint density at radius 1 is 1.00 bits per heavy atom. The third-order valence-electron chi connectivity index (χ3n) is 2.73. The van der Waals surface area contributed by atoms with Crippen molar-refractivity contribution in [2.45, 2.75) is 19.9 Å². The van der Waals surface area contributed by atoms with Gasteiger partial charge in [0.1, 0.15) is 12.4 Å². The lowest BCUT2D eigenvalue weighted by molar-refractivity contribution is 0.266. The van der Waals surface area contributed by atoms with E-state index in [0.29, 0.717) is 19.8 Å². The minimum Gasteiger partial charge on any atom is -0.490 e. The van der Waals surface area contributed by atoms with Gasteiger partial charge in [-0.25, -0.2) is 0 Å². The molecule has 4 heteroatoms. The standard InChI is InChI=1S/C16H21NO3/c1-2-10-19-15-7-3-4-8-16(15)20-12-9-17-13-14-6-5-11-18-14/h3-8,11,17H,2,9-10,12-13H2,1H3. The number of furan rings is 1. The lowest BCUT2D eigenvalue weighted by Crippen LogP contribution is -2.20. The van der Waals surface area contributed by atoms with Crippen molar-refractivity contribution in [1.29, 1.82) is 0 Å². The second-order valence-corrected chi connectivity index (χ2v) is 4.40. The van der Waals surface area contributed by atoms with Gasteiger partial charge in [0.15, 0.2) is 11.5 Å². The fourth-order valence-corrected chi connectivity index (χ4v) is 1.76. The second-order valence-electron chi connectivity index (χ2n) is 4.40. The van der Waals surface area contributed by atoms with Gasteiger partial charge in [0.05, 0.1) is 19.4 Å². The maximum atomic E-state index is 5.74. The number of hydrogen-bond donors (Lipinski definition) is 1. The zero-order valence-corrected chi connectivity index (χ0v) is 11.8. The van der Waals surface area contributed by atoms with Crippen molar-refractivity contribution in [3.8, 4) is 11.5 Å². The predicted octanol–water partition coefficient (Wildman–Crippen LogP) is 3.24. The number of benzene rings is 1. The van der Waals surface area contributed by atoms with Crippen LogP contribution in [0.15, 0.2) is 47.1 Å². The Morgan fingerprint density at radius 2 is 1.75 bits per heavy atom. The number of ether oxygens (including phenoxy) is 2. The molecule has 4 nitrogen and oxygen atoms in total. The Kier molecular flexibility index (Phi) is 5.99. The SMILES string of the molecule is CCCOc1ccccc1OCCNCc1ccco1. The summed E-state index contributed by atoms with van der Waals surface area (Å²) in [5.74, 6) is 2.53. The minimum absolute atomic E-state index is 0.590. The molecule has 0 saturated carbocycles. The van der Waals surface area contributed by atoms with E-state index in [1.807, 2.05) is 36.4 Å². The molecule has 2 aromatic rings. The van der Waals surface area contributed by atoms with E-state index in [4.69, 9.17) is 13.9 Å². The highest BCUT2D eigenvalue weighted by molar-refractivity contribution is 5.39. The summed E-state index contributed by atoms with van der Waals surface area (Å²) in [6.45, 7) is 4.85. The summed E-state index contributed by atoms with van der Waals surface area (Å²) in [4.78, 5) is 0. The molecule has 0 radical (unpaired) electrons. The van der Waals surface area contributed by atoms with E-state index in [1.165, 1.54) is 0 Å². The van der Waals surface area contributed by atoms with Crippen LogP contribution >= 0.6 is 0 Å². The Morgan fingerprint density at radius 3 is 2.40 bits per heavy atom. The van der Waals surface area contributed by atoms with E-state index < -0.39 is 0 Å². The zero-order valence-electron chi connectivity index (χ0n) is 11.8. The topological polar surface area (TPSA) is 43.6 Å². The van der Waals surface area contributed by atoms with Crippen LogP contribution in [-0.2, 0) is 6.54 Å². The molecule has 0 aliphatic rings. The van der Waals surface area contributed by atoms with E-state index in [9.17, 15) is 0 Å². The Bertz CT molecular complexity index is 482. The van der Waals surface area contributed by atoms with Gasteiger partial charge in [0.2, 0.25) is 0 Å². The number of para-hydroxylation sites is 2. The van der Waals surface area contributed by atoms with Crippen LogP contribution in [0.25, 0.3) is 0 Å². The van der Waals surface area contributed by atoms with Crippen molar-refractivity contribution in [2.24, 2.45) is 0 Å². The van der Waals surface area contributed by atoms with Gasteiger partial charge >= 0.3 is 0 Å². The first-order chi connectivity index (χ1) is 9.90. The smallest absolute Gasteiger partial charge is 0.161 e. The Balaban J connectivity index is 1.70. The summed E-state index contributed by atoms with van der Waals surface area (Å²) in [5.41, 5.74) is 0. The van der Waals surface area contributed by atoms with Gasteiger partial charge in [0.25, 0.3) is 0 Å². The summed E-state index contributed by atoms with van der Waals surface area (Å²) in [6, 6.07) is 11.6. The fourth-order valence-electron chi connectivity index (χ4n) is 1.76. The number of rotatable bonds is 9. The maximum Gasteiger partial charge on any atom is 0.161 e. The molecule has 1 aromatic carbocycles. The minimum atomic E-state index is 0.590. The van der Waals surface area contributed by atoms with Crippen LogP contribution in [0.3, 0.4) is 0 Å². The molecule has 1 N–H and O–H groups in total. The normalized spacial score (nSPS) is 10.4. The van der Waals surface area contributed by atoms with E-state index in [0.717, 1.165) is 30.2 Å². The molecule has 0 unspecified atom stereocenters. The molecule has 0 atom stereocenters. The highest BCUT2D eigenvalue weighted by Gasteiger charge is 2.03. The Hall–Kier alpha value is -1.94. The van der Waals surface area contributed by atoms with E-state index in [1.54, 1.807) is 6.26 Å². The molecule has 108 valence electrons. The highest BCUT2D eigenvalue weighted by atomic mass is 16.5. The van der Waals surface area contributed by atoms with Gasteiger partial charge < -0.3 is 19.2 Å². The van der Waals surface area contributed by atoms with Gasteiger partial charge in [-0.2, -0.15) is 0 Å². The maximum absolute atomic E-state index is 5.74. The first kappa shape index (κ1) is 14.5. The largest absolute Gasteiger partial charge is 0.490 e. The van der Waals surface area contributed by atoms with Gasteiger partial charge in [0, 0.05) is 6.54 Å². The lowest BCUT2D eigenvalue weighted by Gasteiger charge is -2.12. The fraction of sp³-hybridized carbons (Fsp3) is 0.375. The molecule has 0 bridgehead atoms. The Labute approximate surface area is 119 Å². The third-order valence-corrected chi connectivity index (χ3v) is 2.73. The average molecular weight is 275 g/mol. The average Bonchev–Trinajstić information content (AvgIpc) is 2.99. The quantitative estimate of drug-likeness (QED) is 0.713. The zero-order chi connectivity index (χ0) is 14.0. The molecule has 1 aromatic heterocycles. The van der Waals surface area contributed by atoms with Crippen molar-refractivity contribution in [2.75, 3.05) is 19.8 Å². The number of hydrogen-bond acceptors (Lipinski definition) is 4. The molecule has 0 spiro atoms. The van der Waals surface area contributed by atoms with Gasteiger partial charge in [-0.1, -0.05) is 19.1 Å². The van der Waals surface area contributed by atoms with Crippen LogP contribution in [0.4, 0.5) is 0 Å². The molecule has 0 fully saturated rings. The first-order valence-corrected chi connectivity index (χ1v) is 6.98. The highest BCUT2D eigenvalue weighted by Crippen LogP contribution is 2.26. The van der Waals surface area contributed by atoms with Crippen LogP contribution in [0.5, 0.6) is 11.5 Å². The molecule has 2 rings (SSSR count). The van der Waals surface area contributed by atoms with Crippen LogP contribution in [0.1, 0.15) is 19.1 Å². The van der Waals surface area contributed by atoms with Gasteiger partial charge in [-0.05, 0) is 30.7 Å².